The first-order valence-corrected chi connectivity index (χ1v) is 9.34. The third-order valence-electron chi connectivity index (χ3n) is 5.38. The van der Waals surface area contributed by atoms with E-state index in [1.165, 1.54) is 41.4 Å². The smallest absolute Gasteiger partial charge is 0.115 e. The van der Waals surface area contributed by atoms with Gasteiger partial charge in [-0.3, -0.25) is 0 Å². The molecule has 0 bridgehead atoms. The van der Waals surface area contributed by atoms with Crippen molar-refractivity contribution in [1.82, 2.24) is 9.97 Å². The Labute approximate surface area is 155 Å². The van der Waals surface area contributed by atoms with Crippen LogP contribution in [0, 0.1) is 0 Å². The van der Waals surface area contributed by atoms with Crippen LogP contribution in [0.15, 0.2) is 72.8 Å². The highest BCUT2D eigenvalue weighted by molar-refractivity contribution is 5.75. The van der Waals surface area contributed by atoms with Crippen molar-refractivity contribution in [3.05, 3.63) is 95.1 Å². The molecular weight excluding hydrogens is 316 g/mol. The van der Waals surface area contributed by atoms with Gasteiger partial charge in [0.15, 0.2) is 0 Å². The lowest BCUT2D eigenvalue weighted by Gasteiger charge is -2.28. The number of hydrogen-bond acceptors (Lipinski definition) is 2. The van der Waals surface area contributed by atoms with Gasteiger partial charge in [0.05, 0.1) is 0 Å². The van der Waals surface area contributed by atoms with Gasteiger partial charge in [-0.2, -0.15) is 0 Å². The predicted molar refractivity (Wildman–Crippen MR) is 107 cm³/mol. The van der Waals surface area contributed by atoms with Crippen molar-refractivity contribution in [1.29, 1.82) is 0 Å². The average Bonchev–Trinajstić information content (AvgIpc) is 2.69. The topological polar surface area (TPSA) is 25.8 Å². The largest absolute Gasteiger partial charge is 0.245 e. The normalized spacial score (nSPS) is 17.0. The summed E-state index contributed by atoms with van der Waals surface area (Å²) in [5, 5.41) is 0. The zero-order valence-corrected chi connectivity index (χ0v) is 15.4. The van der Waals surface area contributed by atoms with Crippen molar-refractivity contribution in [2.24, 2.45) is 0 Å². The second-order valence-electron chi connectivity index (χ2n) is 7.20. The second-order valence-corrected chi connectivity index (χ2v) is 7.20. The Hall–Kier alpha value is -2.74. The molecule has 26 heavy (non-hydrogen) atoms. The van der Waals surface area contributed by atoms with E-state index in [0.717, 1.165) is 6.42 Å². The summed E-state index contributed by atoms with van der Waals surface area (Å²) >= 11 is 0. The van der Waals surface area contributed by atoms with Crippen molar-refractivity contribution in [3.8, 4) is 11.1 Å². The van der Waals surface area contributed by atoms with Crippen LogP contribution in [0.2, 0.25) is 0 Å². The standard InChI is InChI=1S/C20H20.C4H4N2/c1-13-11-14(2)16-9-10-18-17-6-4-3-5-15(17)7-8-19(18)20(16)12-13;1-2-5-4-6-3-1/h3-6,9-11,14H,7-8,12H2,1-2H3;1-4H. The molecule has 3 aromatic rings. The van der Waals surface area contributed by atoms with Gasteiger partial charge < -0.3 is 0 Å². The van der Waals surface area contributed by atoms with E-state index in [-0.39, 0.29) is 0 Å². The van der Waals surface area contributed by atoms with Crippen molar-refractivity contribution in [2.45, 2.75) is 39.0 Å². The Balaban J connectivity index is 0.000000240. The first kappa shape index (κ1) is 16.7. The minimum atomic E-state index is 0.571. The molecule has 2 nitrogen and oxygen atoms in total. The third-order valence-corrected chi connectivity index (χ3v) is 5.38. The maximum atomic E-state index is 3.67. The number of fused-ring (bicyclic) bond motifs is 5. The van der Waals surface area contributed by atoms with Gasteiger partial charge in [-0.05, 0) is 71.6 Å². The molecule has 0 saturated carbocycles. The van der Waals surface area contributed by atoms with Crippen LogP contribution in [0.1, 0.15) is 42.0 Å². The minimum Gasteiger partial charge on any atom is -0.245 e. The average molecular weight is 340 g/mol. The fourth-order valence-electron chi connectivity index (χ4n) is 4.25. The quantitative estimate of drug-likeness (QED) is 0.503. The Morgan fingerprint density at radius 3 is 2.38 bits per heavy atom. The van der Waals surface area contributed by atoms with Crippen molar-refractivity contribution in [3.63, 3.8) is 0 Å². The van der Waals surface area contributed by atoms with E-state index in [9.17, 15) is 0 Å². The van der Waals surface area contributed by atoms with Crippen molar-refractivity contribution >= 4 is 0 Å². The number of allylic oxidation sites excluding steroid dienone is 2. The minimum absolute atomic E-state index is 0.571. The molecule has 0 N–H and O–H groups in total. The molecule has 2 heteroatoms. The second kappa shape index (κ2) is 7.25. The van der Waals surface area contributed by atoms with Gasteiger partial charge in [-0.25, -0.2) is 9.97 Å². The van der Waals surface area contributed by atoms with E-state index in [2.05, 4.69) is 66.3 Å². The van der Waals surface area contributed by atoms with Crippen LogP contribution in [-0.2, 0) is 19.3 Å². The molecule has 1 unspecified atom stereocenters. The molecule has 2 aliphatic rings. The maximum Gasteiger partial charge on any atom is 0.115 e. The van der Waals surface area contributed by atoms with Gasteiger partial charge in [0.25, 0.3) is 0 Å². The lowest BCUT2D eigenvalue weighted by atomic mass is 9.76. The van der Waals surface area contributed by atoms with E-state index >= 15 is 0 Å². The monoisotopic (exact) mass is 340 g/mol. The first-order valence-electron chi connectivity index (χ1n) is 9.34. The summed E-state index contributed by atoms with van der Waals surface area (Å²) in [7, 11) is 0. The SMILES string of the molecule is CC1=CC(C)c2ccc3c(c2C1)CCc1ccccc1-3.c1cncnc1. The Bertz CT molecular complexity index is 915. The number of aromatic nitrogens is 2. The van der Waals surface area contributed by atoms with E-state index in [4.69, 9.17) is 0 Å². The lowest BCUT2D eigenvalue weighted by Crippen LogP contribution is -2.13. The number of rotatable bonds is 0. The molecule has 0 saturated heterocycles. The predicted octanol–water partition coefficient (Wildman–Crippen LogP) is 5.53. The molecule has 2 aliphatic carbocycles. The zero-order chi connectivity index (χ0) is 17.9. The number of hydrogen-bond donors (Lipinski definition) is 0. The van der Waals surface area contributed by atoms with Crippen LogP contribution in [-0.4, -0.2) is 9.97 Å². The first-order chi connectivity index (χ1) is 12.7. The molecule has 1 atom stereocenters. The highest BCUT2D eigenvalue weighted by Gasteiger charge is 2.23. The van der Waals surface area contributed by atoms with Gasteiger partial charge in [-0.15, -0.1) is 0 Å². The van der Waals surface area contributed by atoms with Crippen LogP contribution in [0.3, 0.4) is 0 Å². The fraction of sp³-hybridized carbons (Fsp3) is 0.250. The van der Waals surface area contributed by atoms with Crippen LogP contribution >= 0.6 is 0 Å². The van der Waals surface area contributed by atoms with Crippen molar-refractivity contribution < 1.29 is 0 Å². The van der Waals surface area contributed by atoms with E-state index in [1.807, 2.05) is 0 Å². The van der Waals surface area contributed by atoms with Crippen LogP contribution in [0.4, 0.5) is 0 Å². The highest BCUT2D eigenvalue weighted by Crippen LogP contribution is 2.40. The highest BCUT2D eigenvalue weighted by atomic mass is 14.8. The van der Waals surface area contributed by atoms with E-state index in [1.54, 1.807) is 35.2 Å². The molecule has 0 radical (unpaired) electrons. The third kappa shape index (κ3) is 3.20. The Morgan fingerprint density at radius 1 is 0.846 bits per heavy atom. The zero-order valence-electron chi connectivity index (χ0n) is 15.4. The van der Waals surface area contributed by atoms with Gasteiger partial charge in [0, 0.05) is 12.4 Å². The summed E-state index contributed by atoms with van der Waals surface area (Å²) in [6, 6.07) is 15.4. The van der Waals surface area contributed by atoms with Gasteiger partial charge >= 0.3 is 0 Å². The summed E-state index contributed by atoms with van der Waals surface area (Å²) in [6.45, 7) is 4.60. The van der Waals surface area contributed by atoms with Crippen LogP contribution < -0.4 is 0 Å². The summed E-state index contributed by atoms with van der Waals surface area (Å²) in [6.07, 6.45) is 10.8. The van der Waals surface area contributed by atoms with Gasteiger partial charge in [0.1, 0.15) is 6.33 Å². The van der Waals surface area contributed by atoms with E-state index < -0.39 is 0 Å². The molecule has 0 aliphatic heterocycles. The van der Waals surface area contributed by atoms with Crippen molar-refractivity contribution in [2.75, 3.05) is 0 Å². The molecule has 0 spiro atoms. The lowest BCUT2D eigenvalue weighted by molar-refractivity contribution is 0.841. The Morgan fingerprint density at radius 2 is 1.65 bits per heavy atom. The molecule has 0 fully saturated rings. The molecule has 1 aromatic heterocycles. The number of nitrogens with zero attached hydrogens (tertiary/aromatic N) is 2. The van der Waals surface area contributed by atoms with Gasteiger partial charge in [0.2, 0.25) is 0 Å². The molecule has 5 rings (SSSR count). The molecule has 130 valence electrons. The molecular formula is C24H24N2. The summed E-state index contributed by atoms with van der Waals surface area (Å²) in [4.78, 5) is 7.35. The van der Waals surface area contributed by atoms with E-state index in [0.29, 0.717) is 5.92 Å². The maximum absolute atomic E-state index is 3.67. The molecule has 0 amide bonds. The van der Waals surface area contributed by atoms with Crippen LogP contribution in [0.5, 0.6) is 0 Å². The fourth-order valence-corrected chi connectivity index (χ4v) is 4.25. The van der Waals surface area contributed by atoms with Gasteiger partial charge in [-0.1, -0.05) is 55.0 Å². The summed E-state index contributed by atoms with van der Waals surface area (Å²) < 4.78 is 0. The number of benzene rings is 2. The number of aryl methyl sites for hydroxylation is 1. The molecule has 1 heterocycles. The Kier molecular flexibility index (Phi) is 4.66. The van der Waals surface area contributed by atoms with Crippen LogP contribution in [0.25, 0.3) is 11.1 Å². The summed E-state index contributed by atoms with van der Waals surface area (Å²) in [5.74, 6) is 0.571. The molecule has 2 aromatic carbocycles. The summed E-state index contributed by atoms with van der Waals surface area (Å²) in [5.41, 5.74) is 10.7.